The third-order valence-electron chi connectivity index (χ3n) is 4.44. The second-order valence-electron chi connectivity index (χ2n) is 6.63. The molecule has 0 aromatic heterocycles. The van der Waals surface area contributed by atoms with Gasteiger partial charge in [0.1, 0.15) is 0 Å². The van der Waals surface area contributed by atoms with Crippen LogP contribution in [0, 0.1) is 25.7 Å². The van der Waals surface area contributed by atoms with E-state index >= 15 is 0 Å². The van der Waals surface area contributed by atoms with Crippen LogP contribution < -0.4 is 0 Å². The zero-order valence-electron chi connectivity index (χ0n) is 16.3. The molecule has 0 heterocycles. The van der Waals surface area contributed by atoms with Gasteiger partial charge in [-0.3, -0.25) is 0 Å². The molecule has 0 N–H and O–H groups in total. The summed E-state index contributed by atoms with van der Waals surface area (Å²) < 4.78 is 4.70. The molecule has 0 spiro atoms. The number of esters is 1. The molecule has 2 nitrogen and oxygen atoms in total. The summed E-state index contributed by atoms with van der Waals surface area (Å²) in [6.07, 6.45) is 3.89. The second-order valence-corrected chi connectivity index (χ2v) is 6.63. The number of ether oxygens (including phenoxy) is 1. The van der Waals surface area contributed by atoms with Crippen LogP contribution in [0.25, 0.3) is 17.2 Å². The Hall–Kier alpha value is -3.57. The summed E-state index contributed by atoms with van der Waals surface area (Å²) in [5, 5.41) is 0. The number of carbonyl (C=O) groups excluding carboxylic acids is 1. The lowest BCUT2D eigenvalue weighted by Gasteiger charge is -2.08. The van der Waals surface area contributed by atoms with E-state index in [9.17, 15) is 4.79 Å². The van der Waals surface area contributed by atoms with Crippen molar-refractivity contribution in [3.05, 3.63) is 101 Å². The zero-order chi connectivity index (χ0) is 19.9. The standard InChI is InChI=1S/C26H22O2/c1-19-8-13-23(14-9-19)25-18-20(2)10-15-22(25)7-5-4-6-21-11-16-24(17-12-21)26(27)28-3/h5,7-18H,1-3H3/b7-5+. The third kappa shape index (κ3) is 4.78. The van der Waals surface area contributed by atoms with E-state index in [0.29, 0.717) is 5.56 Å². The van der Waals surface area contributed by atoms with Crippen molar-refractivity contribution in [1.82, 2.24) is 0 Å². The molecule has 3 rings (SSSR count). The molecule has 28 heavy (non-hydrogen) atoms. The minimum atomic E-state index is -0.345. The third-order valence-corrected chi connectivity index (χ3v) is 4.44. The lowest BCUT2D eigenvalue weighted by atomic mass is 9.96. The fourth-order valence-electron chi connectivity index (χ4n) is 2.86. The molecule has 0 aliphatic carbocycles. The smallest absolute Gasteiger partial charge is 0.337 e. The molecule has 2 heteroatoms. The molecular weight excluding hydrogens is 344 g/mol. The number of methoxy groups -OCH3 is 1. The predicted molar refractivity (Wildman–Crippen MR) is 115 cm³/mol. The maximum absolute atomic E-state index is 11.5. The molecule has 0 saturated heterocycles. The van der Waals surface area contributed by atoms with Gasteiger partial charge in [-0.1, -0.05) is 65.4 Å². The van der Waals surface area contributed by atoms with Crippen LogP contribution in [-0.2, 0) is 4.74 Å². The van der Waals surface area contributed by atoms with Crippen molar-refractivity contribution in [2.75, 3.05) is 7.11 Å². The van der Waals surface area contributed by atoms with E-state index in [1.54, 1.807) is 12.1 Å². The fraction of sp³-hybridized carbons (Fsp3) is 0.115. The predicted octanol–water partition coefficient (Wildman–Crippen LogP) is 5.82. The van der Waals surface area contributed by atoms with Gasteiger partial charge in [-0.25, -0.2) is 4.79 Å². The summed E-state index contributed by atoms with van der Waals surface area (Å²) in [7, 11) is 1.37. The highest BCUT2D eigenvalue weighted by molar-refractivity contribution is 5.89. The summed E-state index contributed by atoms with van der Waals surface area (Å²) in [5.41, 5.74) is 7.36. The second kappa shape index (κ2) is 8.88. The summed E-state index contributed by atoms with van der Waals surface area (Å²) in [5.74, 6) is 5.81. The number of aryl methyl sites for hydroxylation is 2. The molecule has 138 valence electrons. The first-order valence-corrected chi connectivity index (χ1v) is 9.11. The topological polar surface area (TPSA) is 26.3 Å². The Bertz CT molecular complexity index is 1060. The monoisotopic (exact) mass is 366 g/mol. The Morgan fingerprint density at radius 3 is 2.25 bits per heavy atom. The first kappa shape index (κ1) is 19.2. The van der Waals surface area contributed by atoms with Gasteiger partial charge < -0.3 is 4.74 Å². The summed E-state index contributed by atoms with van der Waals surface area (Å²) in [4.78, 5) is 11.5. The Kier molecular flexibility index (Phi) is 6.09. The van der Waals surface area contributed by atoms with Crippen LogP contribution in [0.4, 0.5) is 0 Å². The normalized spacial score (nSPS) is 10.4. The maximum Gasteiger partial charge on any atom is 0.337 e. The Morgan fingerprint density at radius 2 is 1.57 bits per heavy atom. The van der Waals surface area contributed by atoms with Gasteiger partial charge in [0.25, 0.3) is 0 Å². The number of rotatable bonds is 3. The van der Waals surface area contributed by atoms with Crippen molar-refractivity contribution in [2.24, 2.45) is 0 Å². The molecule has 3 aromatic carbocycles. The molecule has 0 aliphatic heterocycles. The van der Waals surface area contributed by atoms with E-state index in [1.165, 1.54) is 29.4 Å². The molecule has 0 saturated carbocycles. The van der Waals surface area contributed by atoms with Gasteiger partial charge >= 0.3 is 5.97 Å². The molecule has 0 radical (unpaired) electrons. The minimum Gasteiger partial charge on any atom is -0.465 e. The van der Waals surface area contributed by atoms with E-state index in [1.807, 2.05) is 24.3 Å². The number of carbonyl (C=O) groups is 1. The van der Waals surface area contributed by atoms with Crippen molar-refractivity contribution in [2.45, 2.75) is 13.8 Å². The maximum atomic E-state index is 11.5. The number of allylic oxidation sites excluding steroid dienone is 1. The lowest BCUT2D eigenvalue weighted by molar-refractivity contribution is 0.0600. The van der Waals surface area contributed by atoms with E-state index in [-0.39, 0.29) is 5.97 Å². The summed E-state index contributed by atoms with van der Waals surface area (Å²) in [6.45, 7) is 4.19. The number of hydrogen-bond donors (Lipinski definition) is 0. The SMILES string of the molecule is COC(=O)c1ccc(C#C/C=C/c2ccc(C)cc2-c2ccc(C)cc2)cc1. The van der Waals surface area contributed by atoms with Crippen molar-refractivity contribution in [3.63, 3.8) is 0 Å². The van der Waals surface area contributed by atoms with Gasteiger partial charge in [0, 0.05) is 5.56 Å². The largest absolute Gasteiger partial charge is 0.465 e. The van der Waals surface area contributed by atoms with E-state index < -0.39 is 0 Å². The van der Waals surface area contributed by atoms with Crippen LogP contribution in [0.2, 0.25) is 0 Å². The van der Waals surface area contributed by atoms with Gasteiger partial charge in [-0.2, -0.15) is 0 Å². The Labute approximate surface area is 166 Å². The van der Waals surface area contributed by atoms with Crippen LogP contribution in [0.1, 0.15) is 32.6 Å². The average molecular weight is 366 g/mol. The van der Waals surface area contributed by atoms with Crippen LogP contribution in [0.5, 0.6) is 0 Å². The summed E-state index contributed by atoms with van der Waals surface area (Å²) in [6, 6.07) is 22.0. The molecule has 0 bridgehead atoms. The van der Waals surface area contributed by atoms with Crippen LogP contribution >= 0.6 is 0 Å². The first-order chi connectivity index (χ1) is 13.6. The highest BCUT2D eigenvalue weighted by Gasteiger charge is 2.04. The van der Waals surface area contributed by atoms with Gasteiger partial charge in [-0.05, 0) is 67.0 Å². The molecule has 0 unspecified atom stereocenters. The summed E-state index contributed by atoms with van der Waals surface area (Å²) >= 11 is 0. The Balaban J connectivity index is 1.81. The number of hydrogen-bond acceptors (Lipinski definition) is 2. The van der Waals surface area contributed by atoms with Crippen LogP contribution in [-0.4, -0.2) is 13.1 Å². The lowest BCUT2D eigenvalue weighted by Crippen LogP contribution is -2.00. The van der Waals surface area contributed by atoms with E-state index in [2.05, 4.69) is 68.2 Å². The molecule has 0 aliphatic rings. The van der Waals surface area contributed by atoms with E-state index in [4.69, 9.17) is 4.74 Å². The highest BCUT2D eigenvalue weighted by atomic mass is 16.5. The molecule has 0 atom stereocenters. The van der Waals surface area contributed by atoms with Crippen molar-refractivity contribution in [1.29, 1.82) is 0 Å². The van der Waals surface area contributed by atoms with Crippen LogP contribution in [0.3, 0.4) is 0 Å². The molecule has 3 aromatic rings. The quantitative estimate of drug-likeness (QED) is 0.431. The van der Waals surface area contributed by atoms with Gasteiger partial charge in [0.2, 0.25) is 0 Å². The van der Waals surface area contributed by atoms with Crippen molar-refractivity contribution in [3.8, 4) is 23.0 Å². The zero-order valence-corrected chi connectivity index (χ0v) is 16.3. The van der Waals surface area contributed by atoms with E-state index in [0.717, 1.165) is 11.1 Å². The van der Waals surface area contributed by atoms with Crippen LogP contribution in [0.15, 0.2) is 72.8 Å². The van der Waals surface area contributed by atoms with Gasteiger partial charge in [-0.15, -0.1) is 0 Å². The van der Waals surface area contributed by atoms with Crippen molar-refractivity contribution < 1.29 is 9.53 Å². The molecule has 0 fully saturated rings. The van der Waals surface area contributed by atoms with Gasteiger partial charge in [0.05, 0.1) is 12.7 Å². The Morgan fingerprint density at radius 1 is 0.893 bits per heavy atom. The highest BCUT2D eigenvalue weighted by Crippen LogP contribution is 2.26. The molecular formula is C26H22O2. The van der Waals surface area contributed by atoms with Gasteiger partial charge in [0.15, 0.2) is 0 Å². The van der Waals surface area contributed by atoms with Crippen molar-refractivity contribution >= 4 is 12.0 Å². The average Bonchev–Trinajstić information content (AvgIpc) is 2.72. The molecule has 0 amide bonds. The number of benzene rings is 3. The first-order valence-electron chi connectivity index (χ1n) is 9.11. The minimum absolute atomic E-state index is 0.345. The fourth-order valence-corrected chi connectivity index (χ4v) is 2.86.